The molecule has 0 aliphatic heterocycles. The molecule has 0 aliphatic rings. The molecule has 16 heavy (non-hydrogen) atoms. The Kier molecular flexibility index (Phi) is 4.60. The summed E-state index contributed by atoms with van der Waals surface area (Å²) in [5.41, 5.74) is -0.583. The lowest BCUT2D eigenvalue weighted by atomic mass is 10.2. The molecule has 0 bridgehead atoms. The monoisotopic (exact) mass is 247 g/mol. The van der Waals surface area contributed by atoms with Crippen molar-refractivity contribution in [1.29, 1.82) is 5.41 Å². The van der Waals surface area contributed by atoms with Crippen LogP contribution in [-0.4, -0.2) is 35.9 Å². The molecule has 0 radical (unpaired) electrons. The van der Waals surface area contributed by atoms with Crippen molar-refractivity contribution < 1.29 is 28.0 Å². The van der Waals surface area contributed by atoms with Crippen molar-refractivity contribution in [3.63, 3.8) is 0 Å². The van der Waals surface area contributed by atoms with E-state index < -0.39 is 32.3 Å². The Balaban J connectivity index is 0.00000106. The van der Waals surface area contributed by atoms with Crippen molar-refractivity contribution in [1.82, 2.24) is 0 Å². The van der Waals surface area contributed by atoms with E-state index in [1.54, 1.807) is 0 Å². The first kappa shape index (κ1) is 14.1. The second kappa shape index (κ2) is 5.24. The summed E-state index contributed by atoms with van der Waals surface area (Å²) in [6.07, 6.45) is 0. The number of para-hydroxylation sites is 1. The van der Waals surface area contributed by atoms with E-state index in [1.807, 2.05) is 0 Å². The summed E-state index contributed by atoms with van der Waals surface area (Å²) in [5.74, 6) is -2.45. The molecule has 0 spiro atoms. The van der Waals surface area contributed by atoms with E-state index in [0.717, 1.165) is 18.2 Å². The fraction of sp³-hybridized carbons (Fsp3) is 0. The van der Waals surface area contributed by atoms with Crippen LogP contribution >= 0.6 is 0 Å². The highest BCUT2D eigenvalue weighted by Crippen LogP contribution is 2.26. The molecule has 1 aromatic carbocycles. The Hall–Kier alpha value is -1.93. The molecule has 0 aromatic heterocycles. The smallest absolute Gasteiger partial charge is 0.339 e. The molecule has 1 aromatic rings. The Morgan fingerprint density at radius 3 is 2.19 bits per heavy atom. The number of rotatable bonds is 2. The van der Waals surface area contributed by atoms with Gasteiger partial charge in [-0.25, -0.2) is 4.79 Å². The van der Waals surface area contributed by atoms with Crippen LogP contribution in [-0.2, 0) is 10.1 Å². The Morgan fingerprint density at radius 1 is 1.31 bits per heavy atom. The van der Waals surface area contributed by atoms with Gasteiger partial charge in [0.2, 0.25) is 0 Å². The summed E-state index contributed by atoms with van der Waals surface area (Å²) in [6.45, 7) is 2.50. The van der Waals surface area contributed by atoms with E-state index in [4.69, 9.17) is 15.1 Å². The van der Waals surface area contributed by atoms with E-state index in [2.05, 4.69) is 6.72 Å². The van der Waals surface area contributed by atoms with Gasteiger partial charge in [-0.3, -0.25) is 4.55 Å². The average molecular weight is 247 g/mol. The Morgan fingerprint density at radius 2 is 1.81 bits per heavy atom. The number of aromatic hydroxyl groups is 1. The number of carboxylic acid groups (broad SMARTS) is 1. The van der Waals surface area contributed by atoms with Gasteiger partial charge in [-0.05, 0) is 18.9 Å². The van der Waals surface area contributed by atoms with Gasteiger partial charge in [0.15, 0.2) is 5.75 Å². The minimum absolute atomic E-state index is 0.583. The number of hydrogen-bond donors (Lipinski definition) is 4. The molecule has 0 atom stereocenters. The Labute approximate surface area is 91.2 Å². The number of aromatic carboxylic acids is 1. The van der Waals surface area contributed by atoms with Gasteiger partial charge < -0.3 is 15.6 Å². The topological polar surface area (TPSA) is 136 Å². The zero-order valence-electron chi connectivity index (χ0n) is 7.91. The van der Waals surface area contributed by atoms with Crippen LogP contribution in [0.3, 0.4) is 0 Å². The lowest BCUT2D eigenvalue weighted by Gasteiger charge is -2.03. The van der Waals surface area contributed by atoms with Crippen LogP contribution < -0.4 is 0 Å². The van der Waals surface area contributed by atoms with E-state index in [0.29, 0.717) is 0 Å². The third-order valence-corrected chi connectivity index (χ3v) is 2.39. The first-order valence-corrected chi connectivity index (χ1v) is 5.16. The van der Waals surface area contributed by atoms with E-state index in [9.17, 15) is 18.3 Å². The Bertz CT molecular complexity index is 495. The fourth-order valence-electron chi connectivity index (χ4n) is 0.903. The minimum atomic E-state index is -4.60. The lowest BCUT2D eigenvalue weighted by molar-refractivity contribution is 0.0693. The van der Waals surface area contributed by atoms with Crippen LogP contribution in [0.1, 0.15) is 10.4 Å². The number of nitrogens with one attached hydrogen (secondary N) is 1. The van der Waals surface area contributed by atoms with Crippen LogP contribution in [0.15, 0.2) is 23.1 Å². The minimum Gasteiger partial charge on any atom is -0.506 e. The van der Waals surface area contributed by atoms with Gasteiger partial charge in [0, 0.05) is 0 Å². The van der Waals surface area contributed by atoms with E-state index >= 15 is 0 Å². The summed E-state index contributed by atoms with van der Waals surface area (Å²) < 4.78 is 29.9. The molecule has 0 saturated heterocycles. The van der Waals surface area contributed by atoms with Crippen LogP contribution in [0, 0.1) is 5.41 Å². The van der Waals surface area contributed by atoms with Crippen molar-refractivity contribution in [2.75, 3.05) is 0 Å². The molecule has 8 heteroatoms. The highest BCUT2D eigenvalue weighted by Gasteiger charge is 2.20. The van der Waals surface area contributed by atoms with Crippen LogP contribution in [0.5, 0.6) is 5.75 Å². The van der Waals surface area contributed by atoms with Gasteiger partial charge in [-0.1, -0.05) is 6.07 Å². The van der Waals surface area contributed by atoms with E-state index in [-0.39, 0.29) is 0 Å². The first-order chi connectivity index (χ1) is 7.34. The third kappa shape index (κ3) is 3.04. The second-order valence-corrected chi connectivity index (χ2v) is 3.82. The van der Waals surface area contributed by atoms with Gasteiger partial charge in [0.1, 0.15) is 10.5 Å². The van der Waals surface area contributed by atoms with Crippen molar-refractivity contribution in [3.8, 4) is 5.75 Å². The predicted molar refractivity (Wildman–Crippen MR) is 54.7 cm³/mol. The van der Waals surface area contributed by atoms with Gasteiger partial charge >= 0.3 is 5.97 Å². The molecule has 0 heterocycles. The summed E-state index contributed by atoms with van der Waals surface area (Å²) in [7, 11) is -4.60. The number of benzene rings is 1. The molecule has 4 N–H and O–H groups in total. The zero-order chi connectivity index (χ0) is 12.9. The van der Waals surface area contributed by atoms with Crippen molar-refractivity contribution in [2.24, 2.45) is 0 Å². The molecule has 88 valence electrons. The molecule has 0 aliphatic carbocycles. The van der Waals surface area contributed by atoms with Gasteiger partial charge in [-0.15, -0.1) is 0 Å². The lowest BCUT2D eigenvalue weighted by Crippen LogP contribution is -2.03. The van der Waals surface area contributed by atoms with Crippen LogP contribution in [0.2, 0.25) is 0 Å². The quantitative estimate of drug-likeness (QED) is 0.446. The highest BCUT2D eigenvalue weighted by molar-refractivity contribution is 7.86. The normalized spacial score (nSPS) is 10.1. The molecule has 0 unspecified atom stereocenters. The molecule has 0 amide bonds. The third-order valence-electron chi connectivity index (χ3n) is 1.51. The highest BCUT2D eigenvalue weighted by atomic mass is 32.2. The van der Waals surface area contributed by atoms with Crippen molar-refractivity contribution >= 4 is 22.8 Å². The maximum atomic E-state index is 10.6. The van der Waals surface area contributed by atoms with Gasteiger partial charge in [-0.2, -0.15) is 8.42 Å². The number of hydrogen-bond acceptors (Lipinski definition) is 5. The molecule has 7 nitrogen and oxygen atoms in total. The second-order valence-electron chi connectivity index (χ2n) is 2.43. The largest absolute Gasteiger partial charge is 0.506 e. The van der Waals surface area contributed by atoms with Gasteiger partial charge in [0.25, 0.3) is 10.1 Å². The van der Waals surface area contributed by atoms with Crippen molar-refractivity contribution in [2.45, 2.75) is 4.90 Å². The summed E-state index contributed by atoms with van der Waals surface area (Å²) in [5, 5.41) is 23.2. The summed E-state index contributed by atoms with van der Waals surface area (Å²) >= 11 is 0. The first-order valence-electron chi connectivity index (χ1n) is 3.72. The van der Waals surface area contributed by atoms with Gasteiger partial charge in [0.05, 0.1) is 0 Å². The average Bonchev–Trinajstić information content (AvgIpc) is 2.19. The SMILES string of the molecule is C=N.O=C(O)c1cccc(S(=O)(=O)O)c1O. The summed E-state index contributed by atoms with van der Waals surface area (Å²) in [4.78, 5) is 9.64. The molecular weight excluding hydrogens is 238 g/mol. The fourth-order valence-corrected chi connectivity index (χ4v) is 1.51. The summed E-state index contributed by atoms with van der Waals surface area (Å²) in [6, 6.07) is 3.02. The molecule has 1 rings (SSSR count). The standard InChI is InChI=1S/C7H6O6S.CH3N/c8-6-4(7(9)10)2-1-3-5(6)14(11,12)13;1-2/h1-3,8H,(H,9,10)(H,11,12,13);2H,1H2. The number of carbonyl (C=O) groups is 1. The number of carboxylic acids is 1. The molecule has 0 saturated carbocycles. The zero-order valence-corrected chi connectivity index (χ0v) is 8.73. The number of phenols is 1. The molecular formula is C8H9NO6S. The predicted octanol–water partition coefficient (Wildman–Crippen LogP) is 0.603. The van der Waals surface area contributed by atoms with E-state index in [1.165, 1.54) is 0 Å². The van der Waals surface area contributed by atoms with Crippen molar-refractivity contribution in [3.05, 3.63) is 23.8 Å². The van der Waals surface area contributed by atoms with Crippen LogP contribution in [0.4, 0.5) is 0 Å². The maximum absolute atomic E-state index is 10.6. The maximum Gasteiger partial charge on any atom is 0.339 e. The molecule has 0 fully saturated rings. The van der Waals surface area contributed by atoms with Crippen LogP contribution in [0.25, 0.3) is 0 Å².